The fourth-order valence-corrected chi connectivity index (χ4v) is 1.44. The van der Waals surface area contributed by atoms with E-state index in [0.29, 0.717) is 5.13 Å². The van der Waals surface area contributed by atoms with Crippen LogP contribution in [0, 0.1) is 0 Å². The predicted molar refractivity (Wildman–Crippen MR) is 59.8 cm³/mol. The molecule has 8 nitrogen and oxygen atoms in total. The third-order valence-electron chi connectivity index (χ3n) is 1.75. The third-order valence-corrected chi connectivity index (χ3v) is 2.37. The topological polar surface area (TPSA) is 94.8 Å². The summed E-state index contributed by atoms with van der Waals surface area (Å²) in [5, 5.41) is 14.7. The van der Waals surface area contributed by atoms with Crippen molar-refractivity contribution in [3.05, 3.63) is 24.4 Å². The van der Waals surface area contributed by atoms with Crippen molar-refractivity contribution < 1.29 is 9.53 Å². The number of nitrogens with one attached hydrogen (secondary N) is 1. The molecule has 0 unspecified atom stereocenters. The fraction of sp³-hybridized carbons (Fsp3) is 0.125. The van der Waals surface area contributed by atoms with Crippen LogP contribution < -0.4 is 5.32 Å². The van der Waals surface area contributed by atoms with Crippen LogP contribution in [0.1, 0.15) is 0 Å². The zero-order valence-corrected chi connectivity index (χ0v) is 9.59. The van der Waals surface area contributed by atoms with E-state index in [-0.39, 0.29) is 5.70 Å². The maximum Gasteiger partial charge on any atom is 0.358 e. The second kappa shape index (κ2) is 5.16. The number of nitrogens with zero attached hydrogens (tertiary/aromatic N) is 5. The lowest BCUT2D eigenvalue weighted by Crippen LogP contribution is -2.12. The molecule has 0 saturated heterocycles. The highest BCUT2D eigenvalue weighted by Gasteiger charge is 2.12. The van der Waals surface area contributed by atoms with E-state index in [4.69, 9.17) is 0 Å². The molecule has 0 fully saturated rings. The molecule has 0 atom stereocenters. The van der Waals surface area contributed by atoms with Crippen molar-refractivity contribution in [2.45, 2.75) is 0 Å². The van der Waals surface area contributed by atoms with Gasteiger partial charge in [-0.2, -0.15) is 5.10 Å². The Morgan fingerprint density at radius 2 is 2.53 bits per heavy atom. The second-order valence-electron chi connectivity index (χ2n) is 2.75. The molecule has 0 aliphatic rings. The molecule has 0 aromatic carbocycles. The minimum atomic E-state index is -0.535. The molecular formula is C8H8N6O2S. The zero-order valence-electron chi connectivity index (χ0n) is 8.77. The van der Waals surface area contributed by atoms with Gasteiger partial charge in [0, 0.05) is 6.20 Å². The molecule has 0 radical (unpaired) electrons. The minimum Gasteiger partial charge on any atom is -0.464 e. The Hall–Kier alpha value is -2.29. The minimum absolute atomic E-state index is 0.195. The number of rotatable bonds is 4. The highest BCUT2D eigenvalue weighted by molar-refractivity contribution is 7.13. The number of hydrogen-bond donors (Lipinski definition) is 1. The van der Waals surface area contributed by atoms with E-state index in [1.807, 2.05) is 0 Å². The molecule has 0 spiro atoms. The van der Waals surface area contributed by atoms with E-state index in [2.05, 4.69) is 30.3 Å². The van der Waals surface area contributed by atoms with E-state index in [9.17, 15) is 4.79 Å². The maximum atomic E-state index is 11.5. The molecule has 2 aromatic heterocycles. The number of aromatic nitrogens is 5. The van der Waals surface area contributed by atoms with Gasteiger partial charge in [-0.25, -0.2) is 14.5 Å². The quantitative estimate of drug-likeness (QED) is 0.614. The average Bonchev–Trinajstić information content (AvgIpc) is 3.01. The van der Waals surface area contributed by atoms with Crippen LogP contribution in [0.15, 0.2) is 24.4 Å². The summed E-state index contributed by atoms with van der Waals surface area (Å²) in [5.74, 6) is -0.535. The number of esters is 1. The van der Waals surface area contributed by atoms with Crippen molar-refractivity contribution in [3.8, 4) is 0 Å². The third kappa shape index (κ3) is 2.64. The standard InChI is InChI=1S/C8H8N6O2S/c1-16-7(15)6(14-4-9-3-12-14)2-10-8-13-11-5-17-8/h2-5H,1H3,(H,10,13). The maximum absolute atomic E-state index is 11.5. The Morgan fingerprint density at radius 1 is 1.65 bits per heavy atom. The summed E-state index contributed by atoms with van der Waals surface area (Å²) in [6, 6.07) is 0. The summed E-state index contributed by atoms with van der Waals surface area (Å²) >= 11 is 1.31. The molecule has 0 bridgehead atoms. The Bertz CT molecular complexity index is 506. The fourth-order valence-electron chi connectivity index (χ4n) is 1.02. The van der Waals surface area contributed by atoms with Crippen LogP contribution in [0.25, 0.3) is 5.70 Å². The van der Waals surface area contributed by atoms with Gasteiger partial charge in [-0.1, -0.05) is 11.3 Å². The molecule has 0 amide bonds. The Kier molecular flexibility index (Phi) is 3.40. The van der Waals surface area contributed by atoms with E-state index in [0.717, 1.165) is 0 Å². The molecule has 9 heteroatoms. The first-order valence-electron chi connectivity index (χ1n) is 4.47. The van der Waals surface area contributed by atoms with Crippen LogP contribution in [0.2, 0.25) is 0 Å². The summed E-state index contributed by atoms with van der Waals surface area (Å²) in [4.78, 5) is 15.3. The highest BCUT2D eigenvalue weighted by atomic mass is 32.1. The van der Waals surface area contributed by atoms with Gasteiger partial charge < -0.3 is 10.1 Å². The Balaban J connectivity index is 2.21. The molecule has 2 heterocycles. The van der Waals surface area contributed by atoms with Crippen LogP contribution in [-0.2, 0) is 9.53 Å². The van der Waals surface area contributed by atoms with E-state index < -0.39 is 5.97 Å². The van der Waals surface area contributed by atoms with Crippen molar-refractivity contribution in [1.29, 1.82) is 0 Å². The first kappa shape index (κ1) is 11.2. The van der Waals surface area contributed by atoms with Gasteiger partial charge >= 0.3 is 5.97 Å². The zero-order chi connectivity index (χ0) is 12.1. The van der Waals surface area contributed by atoms with Gasteiger partial charge in [0.15, 0.2) is 5.70 Å². The van der Waals surface area contributed by atoms with Gasteiger partial charge in [0.2, 0.25) is 5.13 Å². The van der Waals surface area contributed by atoms with Crippen LogP contribution in [0.4, 0.5) is 5.13 Å². The number of carbonyl (C=O) groups excluding carboxylic acids is 1. The van der Waals surface area contributed by atoms with Crippen molar-refractivity contribution in [2.24, 2.45) is 0 Å². The van der Waals surface area contributed by atoms with Crippen molar-refractivity contribution >= 4 is 28.1 Å². The van der Waals surface area contributed by atoms with Crippen LogP contribution in [0.5, 0.6) is 0 Å². The SMILES string of the molecule is COC(=O)C(=CNc1nncs1)n1cncn1. The summed E-state index contributed by atoms with van der Waals surface area (Å²) in [5.41, 5.74) is 1.77. The van der Waals surface area contributed by atoms with Gasteiger partial charge in [0.1, 0.15) is 18.2 Å². The van der Waals surface area contributed by atoms with Crippen molar-refractivity contribution in [2.75, 3.05) is 12.4 Å². The monoisotopic (exact) mass is 252 g/mol. The van der Waals surface area contributed by atoms with Gasteiger partial charge in [-0.15, -0.1) is 10.2 Å². The van der Waals surface area contributed by atoms with Crippen molar-refractivity contribution in [1.82, 2.24) is 25.0 Å². The molecule has 2 aromatic rings. The summed E-state index contributed by atoms with van der Waals surface area (Å²) in [7, 11) is 1.29. The van der Waals surface area contributed by atoms with E-state index in [1.54, 1.807) is 5.51 Å². The number of carbonyl (C=O) groups is 1. The van der Waals surface area contributed by atoms with E-state index >= 15 is 0 Å². The lowest BCUT2D eigenvalue weighted by atomic mass is 10.5. The number of anilines is 1. The largest absolute Gasteiger partial charge is 0.464 e. The second-order valence-corrected chi connectivity index (χ2v) is 3.58. The summed E-state index contributed by atoms with van der Waals surface area (Å²) < 4.78 is 5.93. The van der Waals surface area contributed by atoms with Crippen LogP contribution in [-0.4, -0.2) is 38.0 Å². The Morgan fingerprint density at radius 3 is 3.12 bits per heavy atom. The van der Waals surface area contributed by atoms with Crippen molar-refractivity contribution in [3.63, 3.8) is 0 Å². The first-order chi connectivity index (χ1) is 8.31. The predicted octanol–water partition coefficient (Wildman–Crippen LogP) is 0.213. The summed E-state index contributed by atoms with van der Waals surface area (Å²) in [6.07, 6.45) is 4.15. The lowest BCUT2D eigenvalue weighted by molar-refractivity contribution is -0.134. The Labute approximate surface area is 100.0 Å². The molecule has 0 aliphatic heterocycles. The number of ether oxygens (including phenoxy) is 1. The molecular weight excluding hydrogens is 244 g/mol. The summed E-state index contributed by atoms with van der Waals surface area (Å²) in [6.45, 7) is 0. The highest BCUT2D eigenvalue weighted by Crippen LogP contribution is 2.10. The molecule has 88 valence electrons. The van der Waals surface area contributed by atoms with Gasteiger partial charge in [-0.05, 0) is 0 Å². The van der Waals surface area contributed by atoms with Crippen LogP contribution >= 0.6 is 11.3 Å². The van der Waals surface area contributed by atoms with Gasteiger partial charge in [-0.3, -0.25) is 0 Å². The normalized spacial score (nSPS) is 11.2. The van der Waals surface area contributed by atoms with E-state index in [1.165, 1.54) is 42.0 Å². The van der Waals surface area contributed by atoms with Gasteiger partial charge in [0.05, 0.1) is 7.11 Å². The first-order valence-corrected chi connectivity index (χ1v) is 5.35. The number of hydrogen-bond acceptors (Lipinski definition) is 8. The molecule has 0 saturated carbocycles. The molecule has 2 rings (SSSR count). The number of methoxy groups -OCH3 is 1. The smallest absolute Gasteiger partial charge is 0.358 e. The lowest BCUT2D eigenvalue weighted by Gasteiger charge is -2.04. The molecule has 0 aliphatic carbocycles. The van der Waals surface area contributed by atoms with Gasteiger partial charge in [0.25, 0.3) is 0 Å². The van der Waals surface area contributed by atoms with Crippen LogP contribution in [0.3, 0.4) is 0 Å². The molecule has 17 heavy (non-hydrogen) atoms. The molecule has 1 N–H and O–H groups in total. The average molecular weight is 252 g/mol.